The molecule has 1 heterocycles. The van der Waals surface area contributed by atoms with Crippen molar-refractivity contribution >= 4 is 29.0 Å². The Kier molecular flexibility index (Phi) is 5.36. The largest absolute Gasteiger partial charge is 0.465 e. The average Bonchev–Trinajstić information content (AvgIpc) is 2.67. The van der Waals surface area contributed by atoms with Crippen molar-refractivity contribution in [2.24, 2.45) is 0 Å². The maximum absolute atomic E-state index is 12.7. The van der Waals surface area contributed by atoms with Crippen molar-refractivity contribution in [3.8, 4) is 0 Å². The monoisotopic (exact) mass is 359 g/mol. The van der Waals surface area contributed by atoms with Gasteiger partial charge in [0.2, 0.25) is 0 Å². The predicted octanol–water partition coefficient (Wildman–Crippen LogP) is 3.19. The van der Waals surface area contributed by atoms with E-state index in [1.165, 1.54) is 7.11 Å². The Morgan fingerprint density at radius 1 is 1.08 bits per heavy atom. The second-order valence-electron chi connectivity index (χ2n) is 5.63. The first kappa shape index (κ1) is 17.5. The minimum Gasteiger partial charge on any atom is -0.465 e. The van der Waals surface area contributed by atoms with Crippen molar-refractivity contribution in [1.29, 1.82) is 0 Å². The Morgan fingerprint density at radius 2 is 1.80 bits per heavy atom. The van der Waals surface area contributed by atoms with Gasteiger partial charge in [-0.1, -0.05) is 23.7 Å². The van der Waals surface area contributed by atoms with E-state index in [0.717, 1.165) is 5.69 Å². The molecular formula is C19H18ClNO4. The molecule has 6 heteroatoms. The van der Waals surface area contributed by atoms with Crippen molar-refractivity contribution in [2.75, 3.05) is 38.3 Å². The van der Waals surface area contributed by atoms with Gasteiger partial charge in [-0.25, -0.2) is 4.79 Å². The zero-order valence-electron chi connectivity index (χ0n) is 13.8. The summed E-state index contributed by atoms with van der Waals surface area (Å²) in [4.78, 5) is 27.0. The number of benzene rings is 2. The van der Waals surface area contributed by atoms with Gasteiger partial charge in [0.15, 0.2) is 5.78 Å². The van der Waals surface area contributed by atoms with Crippen LogP contribution in [0.1, 0.15) is 26.3 Å². The number of ketones is 1. The lowest BCUT2D eigenvalue weighted by Gasteiger charge is -2.30. The number of rotatable bonds is 4. The molecule has 0 spiro atoms. The second kappa shape index (κ2) is 7.68. The molecule has 2 aromatic carbocycles. The van der Waals surface area contributed by atoms with Crippen molar-refractivity contribution in [1.82, 2.24) is 0 Å². The third-order valence-corrected chi connectivity index (χ3v) is 4.46. The Hall–Kier alpha value is -2.37. The Labute approximate surface area is 151 Å². The smallest absolute Gasteiger partial charge is 0.339 e. The van der Waals surface area contributed by atoms with Gasteiger partial charge >= 0.3 is 5.97 Å². The lowest BCUT2D eigenvalue weighted by Crippen LogP contribution is -2.37. The fourth-order valence-electron chi connectivity index (χ4n) is 2.83. The minimum atomic E-state index is -0.477. The molecule has 0 atom stereocenters. The standard InChI is InChI=1S/C19H18ClNO4/c1-24-19(23)15-12-13(18(22)14-4-2-3-5-16(14)20)6-7-17(15)21-8-10-25-11-9-21/h2-7,12H,8-11H2,1H3. The third-order valence-electron chi connectivity index (χ3n) is 4.13. The van der Waals surface area contributed by atoms with E-state index in [1.807, 2.05) is 0 Å². The molecule has 1 fully saturated rings. The number of anilines is 1. The lowest BCUT2D eigenvalue weighted by molar-refractivity contribution is 0.0600. The van der Waals surface area contributed by atoms with Gasteiger partial charge in [0.1, 0.15) is 0 Å². The molecule has 2 aromatic rings. The highest BCUT2D eigenvalue weighted by molar-refractivity contribution is 6.35. The van der Waals surface area contributed by atoms with E-state index < -0.39 is 5.97 Å². The highest BCUT2D eigenvalue weighted by Gasteiger charge is 2.22. The highest BCUT2D eigenvalue weighted by atomic mass is 35.5. The molecular weight excluding hydrogens is 342 g/mol. The second-order valence-corrected chi connectivity index (χ2v) is 6.04. The number of hydrogen-bond acceptors (Lipinski definition) is 5. The van der Waals surface area contributed by atoms with E-state index in [4.69, 9.17) is 21.1 Å². The van der Waals surface area contributed by atoms with E-state index in [1.54, 1.807) is 42.5 Å². The van der Waals surface area contributed by atoms with Gasteiger partial charge < -0.3 is 14.4 Å². The van der Waals surface area contributed by atoms with Crippen LogP contribution in [0.4, 0.5) is 5.69 Å². The van der Waals surface area contributed by atoms with E-state index in [2.05, 4.69) is 4.90 Å². The quantitative estimate of drug-likeness (QED) is 0.620. The van der Waals surface area contributed by atoms with Crippen LogP contribution < -0.4 is 4.90 Å². The third kappa shape index (κ3) is 3.67. The van der Waals surface area contributed by atoms with E-state index in [9.17, 15) is 9.59 Å². The molecule has 0 unspecified atom stereocenters. The summed E-state index contributed by atoms with van der Waals surface area (Å²) in [5.74, 6) is -0.709. The number of ether oxygens (including phenoxy) is 2. The van der Waals surface area contributed by atoms with Gasteiger partial charge in [-0.05, 0) is 30.3 Å². The summed E-state index contributed by atoms with van der Waals surface area (Å²) in [5, 5.41) is 0.379. The van der Waals surface area contributed by atoms with Crippen LogP contribution in [0.15, 0.2) is 42.5 Å². The van der Waals surface area contributed by atoms with Crippen molar-refractivity contribution < 1.29 is 19.1 Å². The van der Waals surface area contributed by atoms with Gasteiger partial charge in [-0.2, -0.15) is 0 Å². The molecule has 1 aliphatic rings. The summed E-state index contributed by atoms with van der Waals surface area (Å²) in [7, 11) is 1.33. The van der Waals surface area contributed by atoms with Crippen molar-refractivity contribution in [3.63, 3.8) is 0 Å². The molecule has 0 radical (unpaired) electrons. The molecule has 0 aromatic heterocycles. The zero-order chi connectivity index (χ0) is 17.8. The summed E-state index contributed by atoms with van der Waals surface area (Å²) < 4.78 is 10.3. The van der Waals surface area contributed by atoms with Crippen LogP contribution in [0, 0.1) is 0 Å². The fraction of sp³-hybridized carbons (Fsp3) is 0.263. The molecule has 1 aliphatic heterocycles. The zero-order valence-corrected chi connectivity index (χ0v) is 14.6. The van der Waals surface area contributed by atoms with Crippen LogP contribution in [-0.4, -0.2) is 45.2 Å². The molecule has 0 N–H and O–H groups in total. The van der Waals surface area contributed by atoms with Crippen molar-refractivity contribution in [3.05, 3.63) is 64.2 Å². The fourth-order valence-corrected chi connectivity index (χ4v) is 3.05. The van der Waals surface area contributed by atoms with Gasteiger partial charge in [0, 0.05) is 24.2 Å². The summed E-state index contributed by atoms with van der Waals surface area (Å²) in [6.07, 6.45) is 0. The Balaban J connectivity index is 2.00. The summed E-state index contributed by atoms with van der Waals surface area (Å²) >= 11 is 6.12. The molecule has 0 saturated carbocycles. The normalized spacial score (nSPS) is 14.2. The van der Waals surface area contributed by atoms with Crippen LogP contribution >= 0.6 is 11.6 Å². The van der Waals surface area contributed by atoms with E-state index in [0.29, 0.717) is 48.0 Å². The Morgan fingerprint density at radius 3 is 2.48 bits per heavy atom. The van der Waals surface area contributed by atoms with Crippen LogP contribution in [0.2, 0.25) is 5.02 Å². The first-order chi connectivity index (χ1) is 12.1. The molecule has 0 aliphatic carbocycles. The van der Waals surface area contributed by atoms with Crippen LogP contribution in [0.25, 0.3) is 0 Å². The molecule has 130 valence electrons. The first-order valence-electron chi connectivity index (χ1n) is 7.96. The minimum absolute atomic E-state index is 0.232. The maximum atomic E-state index is 12.7. The van der Waals surface area contributed by atoms with Gasteiger partial charge in [0.05, 0.1) is 36.6 Å². The number of carbonyl (C=O) groups is 2. The molecule has 1 saturated heterocycles. The number of halogens is 1. The molecule has 3 rings (SSSR count). The summed E-state index contributed by atoms with van der Waals surface area (Å²) in [6.45, 7) is 2.56. The highest BCUT2D eigenvalue weighted by Crippen LogP contribution is 2.26. The van der Waals surface area contributed by atoms with Crippen LogP contribution in [-0.2, 0) is 9.47 Å². The van der Waals surface area contributed by atoms with Crippen molar-refractivity contribution in [2.45, 2.75) is 0 Å². The van der Waals surface area contributed by atoms with Gasteiger partial charge in [0.25, 0.3) is 0 Å². The lowest BCUT2D eigenvalue weighted by atomic mass is 9.99. The molecule has 5 nitrogen and oxygen atoms in total. The molecule has 0 amide bonds. The summed E-state index contributed by atoms with van der Waals surface area (Å²) in [6, 6.07) is 11.9. The number of morpholine rings is 1. The topological polar surface area (TPSA) is 55.8 Å². The van der Waals surface area contributed by atoms with Crippen LogP contribution in [0.5, 0.6) is 0 Å². The first-order valence-corrected chi connectivity index (χ1v) is 8.34. The SMILES string of the molecule is COC(=O)c1cc(C(=O)c2ccccc2Cl)ccc1N1CCOCC1. The number of nitrogens with zero attached hydrogens (tertiary/aromatic N) is 1. The number of carbonyl (C=O) groups excluding carboxylic acids is 2. The van der Waals surface area contributed by atoms with E-state index in [-0.39, 0.29) is 5.78 Å². The van der Waals surface area contributed by atoms with E-state index >= 15 is 0 Å². The average molecular weight is 360 g/mol. The van der Waals surface area contributed by atoms with Gasteiger partial charge in [-0.15, -0.1) is 0 Å². The molecule has 0 bridgehead atoms. The number of esters is 1. The summed E-state index contributed by atoms with van der Waals surface area (Å²) in [5.41, 5.74) is 1.90. The number of hydrogen-bond donors (Lipinski definition) is 0. The van der Waals surface area contributed by atoms with Crippen LogP contribution in [0.3, 0.4) is 0 Å². The molecule has 25 heavy (non-hydrogen) atoms. The predicted molar refractivity (Wildman–Crippen MR) is 95.7 cm³/mol. The van der Waals surface area contributed by atoms with Gasteiger partial charge in [-0.3, -0.25) is 4.79 Å². The Bertz CT molecular complexity index is 800. The number of methoxy groups -OCH3 is 1. The maximum Gasteiger partial charge on any atom is 0.339 e.